The van der Waals surface area contributed by atoms with E-state index in [0.717, 1.165) is 12.8 Å². The maximum Gasteiger partial charge on any atom is 0.145 e. The van der Waals surface area contributed by atoms with Crippen LogP contribution in [-0.2, 0) is 0 Å². The van der Waals surface area contributed by atoms with Gasteiger partial charge in [0.05, 0.1) is 22.2 Å². The second kappa shape index (κ2) is 3.57. The summed E-state index contributed by atoms with van der Waals surface area (Å²) >= 11 is 11.6. The Labute approximate surface area is 92.1 Å². The van der Waals surface area contributed by atoms with Gasteiger partial charge in [0.2, 0.25) is 0 Å². The van der Waals surface area contributed by atoms with E-state index in [2.05, 4.69) is 10.3 Å². The van der Waals surface area contributed by atoms with E-state index in [1.165, 1.54) is 6.20 Å². The molecule has 1 saturated carbocycles. The third-order valence-electron chi connectivity index (χ3n) is 2.35. The Hall–Kier alpha value is -0.510. The summed E-state index contributed by atoms with van der Waals surface area (Å²) in [4.78, 5) is 4.06. The molecule has 0 amide bonds. The van der Waals surface area contributed by atoms with Crippen molar-refractivity contribution in [3.63, 3.8) is 0 Å². The van der Waals surface area contributed by atoms with Gasteiger partial charge in [0.25, 0.3) is 0 Å². The minimum atomic E-state index is -0.204. The number of nitrogens with zero attached hydrogens (tertiary/aromatic N) is 1. The van der Waals surface area contributed by atoms with Crippen molar-refractivity contribution in [3.05, 3.63) is 22.3 Å². The molecule has 1 aromatic rings. The number of anilines is 1. The van der Waals surface area contributed by atoms with Gasteiger partial charge in [0.15, 0.2) is 0 Å². The molecule has 0 bridgehead atoms. The zero-order valence-electron chi connectivity index (χ0n) is 7.43. The van der Waals surface area contributed by atoms with Crippen molar-refractivity contribution in [2.75, 3.05) is 11.9 Å². The third kappa shape index (κ3) is 1.95. The summed E-state index contributed by atoms with van der Waals surface area (Å²) in [5.74, 6) is 0.586. The van der Waals surface area contributed by atoms with Gasteiger partial charge in [0, 0.05) is 6.20 Å². The maximum absolute atomic E-state index is 9.10. The highest BCUT2D eigenvalue weighted by atomic mass is 35.5. The highest BCUT2D eigenvalue weighted by Crippen LogP contribution is 2.39. The van der Waals surface area contributed by atoms with Gasteiger partial charge in [-0.3, -0.25) is 0 Å². The van der Waals surface area contributed by atoms with Crippen LogP contribution in [0, 0.1) is 0 Å². The van der Waals surface area contributed by atoms with Gasteiger partial charge in [-0.2, -0.15) is 0 Å². The molecule has 1 aromatic heterocycles. The van der Waals surface area contributed by atoms with Crippen molar-refractivity contribution in [2.45, 2.75) is 18.4 Å². The molecular formula is C9H10Cl2N2O. The number of aliphatic hydroxyl groups excluding tert-OH is 1. The topological polar surface area (TPSA) is 45.1 Å². The molecule has 0 unspecified atom stereocenters. The fourth-order valence-corrected chi connectivity index (χ4v) is 1.66. The number of aromatic nitrogens is 1. The maximum atomic E-state index is 9.10. The number of halogens is 2. The predicted molar refractivity (Wildman–Crippen MR) is 56.9 cm³/mol. The molecule has 0 atom stereocenters. The molecule has 2 rings (SSSR count). The van der Waals surface area contributed by atoms with Gasteiger partial charge in [-0.25, -0.2) is 4.98 Å². The fraction of sp³-hybridized carbons (Fsp3) is 0.444. The molecule has 0 aliphatic heterocycles. The minimum Gasteiger partial charge on any atom is -0.394 e. The van der Waals surface area contributed by atoms with Crippen LogP contribution >= 0.6 is 23.2 Å². The second-order valence-corrected chi connectivity index (χ2v) is 4.39. The van der Waals surface area contributed by atoms with Crippen LogP contribution in [0.2, 0.25) is 10.0 Å². The minimum absolute atomic E-state index is 0.105. The predicted octanol–water partition coefficient (Wildman–Crippen LogP) is 2.33. The van der Waals surface area contributed by atoms with Crippen LogP contribution in [0.25, 0.3) is 0 Å². The van der Waals surface area contributed by atoms with Gasteiger partial charge in [0.1, 0.15) is 5.82 Å². The Kier molecular flexibility index (Phi) is 2.56. The van der Waals surface area contributed by atoms with Crippen molar-refractivity contribution in [1.29, 1.82) is 0 Å². The van der Waals surface area contributed by atoms with E-state index in [0.29, 0.717) is 15.9 Å². The first-order chi connectivity index (χ1) is 6.65. The van der Waals surface area contributed by atoms with Gasteiger partial charge in [-0.1, -0.05) is 23.2 Å². The molecule has 0 saturated heterocycles. The first kappa shape index (κ1) is 10.0. The molecular weight excluding hydrogens is 223 g/mol. The number of pyridine rings is 1. The largest absolute Gasteiger partial charge is 0.394 e. The lowest BCUT2D eigenvalue weighted by Crippen LogP contribution is -2.26. The summed E-state index contributed by atoms with van der Waals surface area (Å²) < 4.78 is 0. The first-order valence-corrected chi connectivity index (χ1v) is 5.11. The van der Waals surface area contributed by atoms with Crippen LogP contribution in [-0.4, -0.2) is 22.2 Å². The van der Waals surface area contributed by atoms with Crippen LogP contribution in [0.15, 0.2) is 12.3 Å². The smallest absolute Gasteiger partial charge is 0.145 e. The zero-order valence-corrected chi connectivity index (χ0v) is 8.94. The number of hydrogen-bond acceptors (Lipinski definition) is 3. The molecule has 0 aromatic carbocycles. The number of aliphatic hydroxyl groups is 1. The normalized spacial score (nSPS) is 17.9. The molecule has 1 fully saturated rings. The molecule has 14 heavy (non-hydrogen) atoms. The molecule has 5 heteroatoms. The quantitative estimate of drug-likeness (QED) is 0.842. The molecule has 76 valence electrons. The van der Waals surface area contributed by atoms with Crippen LogP contribution in [0.4, 0.5) is 5.82 Å². The standard InChI is InChI=1S/C9H10Cl2N2O/c10-6-3-7(11)8(12-4-6)13-9(5-14)1-2-9/h3-4,14H,1-2,5H2,(H,12,13). The first-order valence-electron chi connectivity index (χ1n) is 4.35. The van der Waals surface area contributed by atoms with Crippen molar-refractivity contribution in [1.82, 2.24) is 4.98 Å². The van der Waals surface area contributed by atoms with Crippen LogP contribution in [0.1, 0.15) is 12.8 Å². The van der Waals surface area contributed by atoms with E-state index < -0.39 is 0 Å². The molecule has 0 radical (unpaired) electrons. The van der Waals surface area contributed by atoms with Crippen LogP contribution in [0.3, 0.4) is 0 Å². The SMILES string of the molecule is OCC1(Nc2ncc(Cl)cc2Cl)CC1. The summed E-state index contributed by atoms with van der Waals surface area (Å²) in [6, 6.07) is 1.63. The Morgan fingerprint density at radius 2 is 2.21 bits per heavy atom. The number of nitrogens with one attached hydrogen (secondary N) is 1. The molecule has 1 aliphatic carbocycles. The highest BCUT2D eigenvalue weighted by molar-refractivity contribution is 6.35. The summed E-state index contributed by atoms with van der Waals surface area (Å²) in [7, 11) is 0. The Bertz CT molecular complexity index is 353. The average Bonchev–Trinajstić information content (AvgIpc) is 2.91. The molecule has 0 spiro atoms. The lowest BCUT2D eigenvalue weighted by atomic mass is 10.3. The van der Waals surface area contributed by atoms with E-state index in [4.69, 9.17) is 28.3 Å². The Balaban J connectivity index is 2.17. The van der Waals surface area contributed by atoms with E-state index in [1.807, 2.05) is 0 Å². The number of rotatable bonds is 3. The second-order valence-electron chi connectivity index (χ2n) is 3.55. The van der Waals surface area contributed by atoms with E-state index in [-0.39, 0.29) is 12.1 Å². The summed E-state index contributed by atoms with van der Waals surface area (Å²) in [5, 5.41) is 13.2. The molecule has 1 aliphatic rings. The van der Waals surface area contributed by atoms with Crippen LogP contribution < -0.4 is 5.32 Å². The van der Waals surface area contributed by atoms with Gasteiger partial charge in [-0.15, -0.1) is 0 Å². The monoisotopic (exact) mass is 232 g/mol. The summed E-state index contributed by atoms with van der Waals surface area (Å²) in [6.45, 7) is 0.105. The van der Waals surface area contributed by atoms with Crippen LogP contribution in [0.5, 0.6) is 0 Å². The fourth-order valence-electron chi connectivity index (χ4n) is 1.23. The Morgan fingerprint density at radius 3 is 2.71 bits per heavy atom. The van der Waals surface area contributed by atoms with Gasteiger partial charge < -0.3 is 10.4 Å². The summed E-state index contributed by atoms with van der Waals surface area (Å²) in [5.41, 5.74) is -0.204. The van der Waals surface area contributed by atoms with E-state index >= 15 is 0 Å². The van der Waals surface area contributed by atoms with Crippen molar-refractivity contribution >= 4 is 29.0 Å². The molecule has 1 heterocycles. The molecule has 2 N–H and O–H groups in total. The lowest BCUT2D eigenvalue weighted by molar-refractivity contribution is 0.266. The van der Waals surface area contributed by atoms with E-state index in [9.17, 15) is 0 Å². The van der Waals surface area contributed by atoms with Crippen molar-refractivity contribution in [2.24, 2.45) is 0 Å². The van der Waals surface area contributed by atoms with Gasteiger partial charge >= 0.3 is 0 Å². The van der Waals surface area contributed by atoms with Gasteiger partial charge in [-0.05, 0) is 18.9 Å². The van der Waals surface area contributed by atoms with Crippen molar-refractivity contribution < 1.29 is 5.11 Å². The molecule has 3 nitrogen and oxygen atoms in total. The highest BCUT2D eigenvalue weighted by Gasteiger charge is 2.42. The van der Waals surface area contributed by atoms with Crippen molar-refractivity contribution in [3.8, 4) is 0 Å². The summed E-state index contributed by atoms with van der Waals surface area (Å²) in [6.07, 6.45) is 3.43. The Morgan fingerprint density at radius 1 is 1.50 bits per heavy atom. The lowest BCUT2D eigenvalue weighted by Gasteiger charge is -2.15. The average molecular weight is 233 g/mol. The number of hydrogen-bond donors (Lipinski definition) is 2. The zero-order chi connectivity index (χ0) is 10.2. The third-order valence-corrected chi connectivity index (χ3v) is 2.84. The van der Waals surface area contributed by atoms with E-state index in [1.54, 1.807) is 6.07 Å².